The third-order valence-electron chi connectivity index (χ3n) is 5.50. The van der Waals surface area contributed by atoms with Crippen LogP contribution in [0.1, 0.15) is 51.0 Å². The fourth-order valence-electron chi connectivity index (χ4n) is 4.05. The van der Waals surface area contributed by atoms with E-state index in [-0.39, 0.29) is 5.91 Å². The summed E-state index contributed by atoms with van der Waals surface area (Å²) in [6.07, 6.45) is 8.17. The average molecular weight is 405 g/mol. The standard InChI is InChI=1S/C20H25ClN4OS/c21-17-11-5-4-10-16(17)19-22-23-20(25(19)15-8-2-3-9-15)27-14-18(26)24-12-6-1-7-13-24/h4-5,10-11,15H,1-3,6-9,12-14H2. The molecular weight excluding hydrogens is 380 g/mol. The van der Waals surface area contributed by atoms with E-state index in [0.717, 1.165) is 55.3 Å². The monoisotopic (exact) mass is 404 g/mol. The molecule has 1 saturated heterocycles. The van der Waals surface area contributed by atoms with E-state index >= 15 is 0 Å². The van der Waals surface area contributed by atoms with Crippen LogP contribution in [-0.2, 0) is 4.79 Å². The van der Waals surface area contributed by atoms with Gasteiger partial charge in [-0.25, -0.2) is 0 Å². The molecule has 1 aromatic heterocycles. The van der Waals surface area contributed by atoms with Crippen molar-refractivity contribution in [2.45, 2.75) is 56.1 Å². The Hall–Kier alpha value is -1.53. The largest absolute Gasteiger partial charge is 0.342 e. The minimum Gasteiger partial charge on any atom is -0.342 e. The van der Waals surface area contributed by atoms with Crippen LogP contribution < -0.4 is 0 Å². The van der Waals surface area contributed by atoms with Crippen LogP contribution in [0.4, 0.5) is 0 Å². The van der Waals surface area contributed by atoms with Gasteiger partial charge in [-0.1, -0.05) is 48.3 Å². The molecule has 1 aromatic carbocycles. The molecule has 4 rings (SSSR count). The minimum atomic E-state index is 0.208. The Morgan fingerprint density at radius 2 is 1.81 bits per heavy atom. The molecule has 2 fully saturated rings. The van der Waals surface area contributed by atoms with E-state index in [1.807, 2.05) is 29.2 Å². The summed E-state index contributed by atoms with van der Waals surface area (Å²) < 4.78 is 2.22. The molecule has 27 heavy (non-hydrogen) atoms. The van der Waals surface area contributed by atoms with Gasteiger partial charge in [0.25, 0.3) is 0 Å². The molecule has 5 nitrogen and oxygen atoms in total. The predicted octanol–water partition coefficient (Wildman–Crippen LogP) is 4.82. The number of hydrogen-bond acceptors (Lipinski definition) is 4. The second kappa shape index (κ2) is 8.65. The third kappa shape index (κ3) is 4.16. The molecule has 1 saturated carbocycles. The lowest BCUT2D eigenvalue weighted by molar-refractivity contribution is -0.129. The molecule has 1 aliphatic carbocycles. The Balaban J connectivity index is 1.57. The number of carbonyl (C=O) groups is 1. The summed E-state index contributed by atoms with van der Waals surface area (Å²) >= 11 is 7.94. The summed E-state index contributed by atoms with van der Waals surface area (Å²) in [5.41, 5.74) is 0.910. The van der Waals surface area contributed by atoms with Crippen LogP contribution in [0.15, 0.2) is 29.4 Å². The number of amides is 1. The number of hydrogen-bond donors (Lipinski definition) is 0. The quantitative estimate of drug-likeness (QED) is 0.670. The summed E-state index contributed by atoms with van der Waals surface area (Å²) in [5.74, 6) is 1.45. The van der Waals surface area contributed by atoms with Crippen LogP contribution in [0.2, 0.25) is 5.02 Å². The van der Waals surface area contributed by atoms with Gasteiger partial charge in [0, 0.05) is 24.7 Å². The lowest BCUT2D eigenvalue weighted by Gasteiger charge is -2.26. The van der Waals surface area contributed by atoms with Crippen molar-refractivity contribution >= 4 is 29.3 Å². The van der Waals surface area contributed by atoms with Gasteiger partial charge in [0.05, 0.1) is 10.8 Å². The highest BCUT2D eigenvalue weighted by Gasteiger charge is 2.26. The molecule has 0 N–H and O–H groups in total. The van der Waals surface area contributed by atoms with E-state index in [9.17, 15) is 4.79 Å². The molecule has 2 aromatic rings. The first-order chi connectivity index (χ1) is 13.2. The van der Waals surface area contributed by atoms with Crippen molar-refractivity contribution < 1.29 is 4.79 Å². The number of benzene rings is 1. The van der Waals surface area contributed by atoms with Crippen LogP contribution in [0, 0.1) is 0 Å². The van der Waals surface area contributed by atoms with Gasteiger partial charge in [0.15, 0.2) is 11.0 Å². The Bertz CT molecular complexity index is 797. The van der Waals surface area contributed by atoms with E-state index in [1.165, 1.54) is 31.0 Å². The van der Waals surface area contributed by atoms with Crippen LogP contribution in [0.25, 0.3) is 11.4 Å². The second-order valence-electron chi connectivity index (χ2n) is 7.32. The zero-order chi connectivity index (χ0) is 18.6. The van der Waals surface area contributed by atoms with Crippen LogP contribution >= 0.6 is 23.4 Å². The number of carbonyl (C=O) groups excluding carboxylic acids is 1. The Labute approximate surface area is 169 Å². The van der Waals surface area contributed by atoms with Gasteiger partial charge >= 0.3 is 0 Å². The van der Waals surface area contributed by atoms with Crippen molar-refractivity contribution in [3.63, 3.8) is 0 Å². The normalized spacial score (nSPS) is 18.2. The van der Waals surface area contributed by atoms with E-state index < -0.39 is 0 Å². The number of piperidine rings is 1. The first-order valence-corrected chi connectivity index (χ1v) is 11.2. The molecule has 1 aliphatic heterocycles. The Kier molecular flexibility index (Phi) is 6.03. The van der Waals surface area contributed by atoms with Crippen molar-refractivity contribution in [1.82, 2.24) is 19.7 Å². The Morgan fingerprint density at radius 1 is 1.07 bits per heavy atom. The number of aromatic nitrogens is 3. The van der Waals surface area contributed by atoms with Gasteiger partial charge in [-0.05, 0) is 44.2 Å². The number of nitrogens with zero attached hydrogens (tertiary/aromatic N) is 4. The van der Waals surface area contributed by atoms with E-state index in [2.05, 4.69) is 14.8 Å². The molecule has 144 valence electrons. The van der Waals surface area contributed by atoms with Gasteiger partial charge < -0.3 is 4.90 Å². The predicted molar refractivity (Wildman–Crippen MR) is 109 cm³/mol. The summed E-state index contributed by atoms with van der Waals surface area (Å²) in [4.78, 5) is 14.5. The van der Waals surface area contributed by atoms with Crippen molar-refractivity contribution in [2.24, 2.45) is 0 Å². The molecule has 1 amide bonds. The summed E-state index contributed by atoms with van der Waals surface area (Å²) in [5, 5.41) is 10.4. The van der Waals surface area contributed by atoms with Gasteiger partial charge in [0.2, 0.25) is 5.91 Å². The molecule has 2 aliphatic rings. The number of likely N-dealkylation sites (tertiary alicyclic amines) is 1. The maximum atomic E-state index is 12.6. The second-order valence-corrected chi connectivity index (χ2v) is 8.67. The first kappa shape index (κ1) is 18.8. The van der Waals surface area contributed by atoms with Gasteiger partial charge in [-0.2, -0.15) is 0 Å². The zero-order valence-corrected chi connectivity index (χ0v) is 17.0. The Morgan fingerprint density at radius 3 is 2.56 bits per heavy atom. The van der Waals surface area contributed by atoms with Crippen LogP contribution in [0.5, 0.6) is 0 Å². The van der Waals surface area contributed by atoms with Crippen molar-refractivity contribution in [1.29, 1.82) is 0 Å². The lowest BCUT2D eigenvalue weighted by atomic mass is 10.1. The van der Waals surface area contributed by atoms with Crippen LogP contribution in [-0.4, -0.2) is 44.4 Å². The molecule has 2 heterocycles. The van der Waals surface area contributed by atoms with Gasteiger partial charge in [0.1, 0.15) is 0 Å². The molecule has 7 heteroatoms. The zero-order valence-electron chi connectivity index (χ0n) is 15.4. The number of thioether (sulfide) groups is 1. The van der Waals surface area contributed by atoms with Crippen molar-refractivity contribution in [3.05, 3.63) is 29.3 Å². The molecule has 0 radical (unpaired) electrons. The third-order valence-corrected chi connectivity index (χ3v) is 6.76. The maximum absolute atomic E-state index is 12.6. The highest BCUT2D eigenvalue weighted by Crippen LogP contribution is 2.38. The van der Waals surface area contributed by atoms with E-state index in [1.54, 1.807) is 0 Å². The first-order valence-electron chi connectivity index (χ1n) is 9.84. The fraction of sp³-hybridized carbons (Fsp3) is 0.550. The molecule has 0 unspecified atom stereocenters. The van der Waals surface area contributed by atoms with Gasteiger partial charge in [-0.15, -0.1) is 10.2 Å². The highest BCUT2D eigenvalue weighted by atomic mass is 35.5. The molecule has 0 atom stereocenters. The lowest BCUT2D eigenvalue weighted by Crippen LogP contribution is -2.36. The SMILES string of the molecule is O=C(CSc1nnc(-c2ccccc2Cl)n1C1CCCC1)N1CCCCC1. The van der Waals surface area contributed by atoms with E-state index in [4.69, 9.17) is 11.6 Å². The van der Waals surface area contributed by atoms with Crippen molar-refractivity contribution in [2.75, 3.05) is 18.8 Å². The smallest absolute Gasteiger partial charge is 0.233 e. The summed E-state index contributed by atoms with van der Waals surface area (Å²) in [6.45, 7) is 1.78. The summed E-state index contributed by atoms with van der Waals surface area (Å²) in [7, 11) is 0. The maximum Gasteiger partial charge on any atom is 0.233 e. The average Bonchev–Trinajstić information content (AvgIpc) is 3.36. The minimum absolute atomic E-state index is 0.208. The number of rotatable bonds is 5. The highest BCUT2D eigenvalue weighted by molar-refractivity contribution is 7.99. The molecular formula is C20H25ClN4OS. The van der Waals surface area contributed by atoms with Crippen molar-refractivity contribution in [3.8, 4) is 11.4 Å². The van der Waals surface area contributed by atoms with E-state index in [0.29, 0.717) is 16.8 Å². The fourth-order valence-corrected chi connectivity index (χ4v) is 5.18. The topological polar surface area (TPSA) is 51.0 Å². The number of halogens is 1. The molecule has 0 bridgehead atoms. The molecule has 0 spiro atoms. The van der Waals surface area contributed by atoms with Gasteiger partial charge in [-0.3, -0.25) is 9.36 Å². The van der Waals surface area contributed by atoms with Crippen LogP contribution in [0.3, 0.4) is 0 Å². The summed E-state index contributed by atoms with van der Waals surface area (Å²) in [6, 6.07) is 8.16.